The summed E-state index contributed by atoms with van der Waals surface area (Å²) >= 11 is 0. The molecule has 0 rings (SSSR count). The van der Waals surface area contributed by atoms with Gasteiger partial charge in [-0.1, -0.05) is 36.5 Å². The van der Waals surface area contributed by atoms with E-state index in [9.17, 15) is 4.79 Å². The van der Waals surface area contributed by atoms with Gasteiger partial charge in [-0.3, -0.25) is 4.79 Å². The Morgan fingerprint density at radius 2 is 1.95 bits per heavy atom. The van der Waals surface area contributed by atoms with E-state index in [-0.39, 0.29) is 6.42 Å². The van der Waals surface area contributed by atoms with Gasteiger partial charge in [0.05, 0.1) is 12.0 Å². The van der Waals surface area contributed by atoms with Gasteiger partial charge in [-0.15, -0.1) is 0 Å². The number of aliphatic carboxylic acids is 1. The van der Waals surface area contributed by atoms with E-state index < -0.39 is 11.6 Å². The number of nitrogens with one attached hydrogen (secondary N) is 1. The lowest BCUT2D eigenvalue weighted by Gasteiger charge is -2.15. The van der Waals surface area contributed by atoms with E-state index in [1.54, 1.807) is 31.2 Å². The monoisotopic (exact) mass is 269 g/mol. The zero-order valence-electron chi connectivity index (χ0n) is 12.4. The molecule has 3 N–H and O–H groups in total. The van der Waals surface area contributed by atoms with Crippen LogP contribution >= 0.6 is 0 Å². The second kappa shape index (κ2) is 11.7. The molecule has 0 atom stereocenters. The predicted octanol–water partition coefficient (Wildman–Crippen LogP) is 2.52. The van der Waals surface area contributed by atoms with Crippen LogP contribution in [-0.2, 0) is 4.79 Å². The molecule has 0 radical (unpaired) electrons. The molecule has 4 heteroatoms. The Hall–Kier alpha value is -1.39. The second-order valence-corrected chi connectivity index (χ2v) is 4.87. The Balaban J connectivity index is 0. The highest BCUT2D eigenvalue weighted by Gasteiger charge is 2.09. The van der Waals surface area contributed by atoms with Crippen LogP contribution in [0.5, 0.6) is 0 Å². The lowest BCUT2D eigenvalue weighted by Crippen LogP contribution is -2.24. The van der Waals surface area contributed by atoms with Gasteiger partial charge in [0, 0.05) is 0 Å². The number of carboxylic acids is 1. The molecule has 0 amide bonds. The average molecular weight is 269 g/mol. The first kappa shape index (κ1) is 19.9. The molecule has 19 heavy (non-hydrogen) atoms. The Bertz CT molecular complexity index is 312. The molecule has 0 saturated carbocycles. The molecular weight excluding hydrogens is 242 g/mol. The molecule has 0 bridgehead atoms. The molecule has 0 saturated heterocycles. The van der Waals surface area contributed by atoms with Crippen LogP contribution in [0.4, 0.5) is 0 Å². The van der Waals surface area contributed by atoms with E-state index >= 15 is 0 Å². The summed E-state index contributed by atoms with van der Waals surface area (Å²) in [6.45, 7) is 9.76. The lowest BCUT2D eigenvalue weighted by molar-refractivity contribution is -0.136. The number of hydrogen-bond donors (Lipinski definition) is 3. The van der Waals surface area contributed by atoms with Crippen molar-refractivity contribution in [1.82, 2.24) is 5.32 Å². The van der Waals surface area contributed by atoms with Crippen LogP contribution in [0.15, 0.2) is 36.5 Å². The van der Waals surface area contributed by atoms with Crippen LogP contribution in [0.2, 0.25) is 0 Å². The zero-order chi connectivity index (χ0) is 15.3. The predicted molar refractivity (Wildman–Crippen MR) is 80.2 cm³/mol. The number of carbonyl (C=O) groups is 1. The largest absolute Gasteiger partial charge is 0.481 e. The summed E-state index contributed by atoms with van der Waals surface area (Å²) < 4.78 is 0. The number of carboxylic acid groups (broad SMARTS) is 1. The van der Waals surface area contributed by atoms with Crippen molar-refractivity contribution in [2.24, 2.45) is 0 Å². The second-order valence-electron chi connectivity index (χ2n) is 4.87. The van der Waals surface area contributed by atoms with E-state index in [1.807, 2.05) is 20.9 Å². The van der Waals surface area contributed by atoms with Gasteiger partial charge in [0.15, 0.2) is 0 Å². The summed E-state index contributed by atoms with van der Waals surface area (Å²) in [4.78, 5) is 10.2. The van der Waals surface area contributed by atoms with Crippen molar-refractivity contribution in [1.29, 1.82) is 0 Å². The van der Waals surface area contributed by atoms with Crippen LogP contribution in [0.25, 0.3) is 0 Å². The summed E-state index contributed by atoms with van der Waals surface area (Å²) in [6.07, 6.45) is 7.84. The molecule has 0 fully saturated rings. The van der Waals surface area contributed by atoms with Gasteiger partial charge in [0.25, 0.3) is 0 Å². The Labute approximate surface area is 116 Å². The van der Waals surface area contributed by atoms with Gasteiger partial charge < -0.3 is 15.5 Å². The summed E-state index contributed by atoms with van der Waals surface area (Å²) in [5.74, 6) is -0.800. The third-order valence-electron chi connectivity index (χ3n) is 2.04. The molecule has 0 aliphatic rings. The number of aliphatic hydroxyl groups is 1. The Morgan fingerprint density at radius 3 is 2.26 bits per heavy atom. The van der Waals surface area contributed by atoms with E-state index in [0.29, 0.717) is 0 Å². The molecule has 0 unspecified atom stereocenters. The first-order valence-electron chi connectivity index (χ1n) is 6.26. The molecule has 0 heterocycles. The van der Waals surface area contributed by atoms with Crippen molar-refractivity contribution in [3.8, 4) is 0 Å². The molecule has 0 aromatic carbocycles. The molecule has 110 valence electrons. The fraction of sp³-hybridized carbons (Fsp3) is 0.533. The van der Waals surface area contributed by atoms with E-state index in [4.69, 9.17) is 10.2 Å². The maximum absolute atomic E-state index is 10.2. The summed E-state index contributed by atoms with van der Waals surface area (Å²) in [7, 11) is 1.88. The minimum Gasteiger partial charge on any atom is -0.481 e. The van der Waals surface area contributed by atoms with Crippen molar-refractivity contribution in [3.05, 3.63) is 36.5 Å². The van der Waals surface area contributed by atoms with Crippen LogP contribution in [-0.4, -0.2) is 35.4 Å². The van der Waals surface area contributed by atoms with Gasteiger partial charge in [-0.2, -0.15) is 0 Å². The molecule has 0 aliphatic carbocycles. The fourth-order valence-electron chi connectivity index (χ4n) is 1.03. The molecule has 0 spiro atoms. The summed E-state index contributed by atoms with van der Waals surface area (Å²) in [5.41, 5.74) is 0.318. The first-order chi connectivity index (χ1) is 8.72. The van der Waals surface area contributed by atoms with Gasteiger partial charge in [0.1, 0.15) is 0 Å². The highest BCUT2D eigenvalue weighted by Crippen LogP contribution is 2.04. The maximum atomic E-state index is 10.2. The number of allylic oxidation sites excluding steroid dienone is 4. The molecular formula is C15H27NO3. The molecule has 0 aromatic rings. The first-order valence-corrected chi connectivity index (χ1v) is 6.26. The minimum atomic E-state index is -0.800. The summed E-state index contributed by atoms with van der Waals surface area (Å²) in [6, 6.07) is 0. The Morgan fingerprint density at radius 1 is 1.37 bits per heavy atom. The van der Waals surface area contributed by atoms with Crippen molar-refractivity contribution in [3.63, 3.8) is 0 Å². The highest BCUT2D eigenvalue weighted by molar-refractivity contribution is 5.69. The van der Waals surface area contributed by atoms with Gasteiger partial charge >= 0.3 is 5.97 Å². The Kier molecular flexibility index (Phi) is 12.3. The highest BCUT2D eigenvalue weighted by atomic mass is 16.4. The third-order valence-corrected chi connectivity index (χ3v) is 2.04. The number of rotatable bonds is 7. The fourth-order valence-corrected chi connectivity index (χ4v) is 1.03. The third kappa shape index (κ3) is 22.3. The minimum absolute atomic E-state index is 0.0987. The van der Waals surface area contributed by atoms with Crippen LogP contribution in [0, 0.1) is 0 Å². The zero-order valence-corrected chi connectivity index (χ0v) is 12.4. The number of hydrogen-bond acceptors (Lipinski definition) is 3. The SMILES string of the molecule is C=C/C=C\C=C(/C)CC(=O)O.CNCCC(C)(C)O. The topological polar surface area (TPSA) is 69.6 Å². The standard InChI is InChI=1S/C9H12O2.C6H15NO/c1-3-4-5-6-8(2)7-9(10)11;1-6(2,8)4-5-7-3/h3-6H,1,7H2,2H3,(H,10,11);7-8H,4-5H2,1-3H3/b5-4-,8-6+;. The molecule has 4 nitrogen and oxygen atoms in total. The van der Waals surface area contributed by atoms with Crippen molar-refractivity contribution in [2.45, 2.75) is 39.2 Å². The van der Waals surface area contributed by atoms with E-state index in [0.717, 1.165) is 18.5 Å². The van der Waals surface area contributed by atoms with Crippen LogP contribution < -0.4 is 5.32 Å². The average Bonchev–Trinajstić information content (AvgIpc) is 2.25. The van der Waals surface area contributed by atoms with Crippen molar-refractivity contribution < 1.29 is 15.0 Å². The van der Waals surface area contributed by atoms with E-state index in [1.165, 1.54) is 0 Å². The normalized spacial score (nSPS) is 11.9. The van der Waals surface area contributed by atoms with E-state index in [2.05, 4.69) is 11.9 Å². The quantitative estimate of drug-likeness (QED) is 0.621. The van der Waals surface area contributed by atoms with Gasteiger partial charge in [0.2, 0.25) is 0 Å². The maximum Gasteiger partial charge on any atom is 0.307 e. The van der Waals surface area contributed by atoms with Crippen LogP contribution in [0.1, 0.15) is 33.6 Å². The summed E-state index contributed by atoms with van der Waals surface area (Å²) in [5, 5.41) is 20.4. The van der Waals surface area contributed by atoms with Gasteiger partial charge in [-0.05, 0) is 40.8 Å². The smallest absolute Gasteiger partial charge is 0.307 e. The van der Waals surface area contributed by atoms with Crippen LogP contribution in [0.3, 0.4) is 0 Å². The molecule has 0 aliphatic heterocycles. The van der Waals surface area contributed by atoms with Gasteiger partial charge in [-0.25, -0.2) is 0 Å². The lowest BCUT2D eigenvalue weighted by atomic mass is 10.1. The molecule has 0 aromatic heterocycles. The van der Waals surface area contributed by atoms with Crippen molar-refractivity contribution >= 4 is 5.97 Å². The van der Waals surface area contributed by atoms with Crippen molar-refractivity contribution in [2.75, 3.05) is 13.6 Å².